The zero-order valence-electron chi connectivity index (χ0n) is 12.6. The van der Waals surface area contributed by atoms with E-state index in [1.54, 1.807) is 36.4 Å². The smallest absolute Gasteiger partial charge is 0.254 e. The molecular formula is C17H14FN3O3. The Bertz CT molecular complexity index is 846. The first kappa shape index (κ1) is 15.7. The lowest BCUT2D eigenvalue weighted by Crippen LogP contribution is -2.14. The van der Waals surface area contributed by atoms with Crippen LogP contribution in [0.1, 0.15) is 11.5 Å². The van der Waals surface area contributed by atoms with Crippen molar-refractivity contribution in [2.75, 3.05) is 0 Å². The van der Waals surface area contributed by atoms with Gasteiger partial charge in [0.05, 0.1) is 6.42 Å². The number of carbonyl (C=O) groups is 1. The van der Waals surface area contributed by atoms with Crippen molar-refractivity contribution >= 4 is 5.91 Å². The zero-order valence-corrected chi connectivity index (χ0v) is 12.6. The Balaban J connectivity index is 1.70. The Morgan fingerprint density at radius 3 is 2.62 bits per heavy atom. The molecule has 0 spiro atoms. The third-order valence-electron chi connectivity index (χ3n) is 3.25. The quantitative estimate of drug-likeness (QED) is 0.751. The molecule has 7 heteroatoms. The summed E-state index contributed by atoms with van der Waals surface area (Å²) in [5.74, 6) is 0.287. The average molecular weight is 327 g/mol. The molecule has 0 atom stereocenters. The Kier molecular flexibility index (Phi) is 4.51. The summed E-state index contributed by atoms with van der Waals surface area (Å²) in [5.41, 5.74) is 6.52. The van der Waals surface area contributed by atoms with Crippen LogP contribution in [0, 0.1) is 5.82 Å². The van der Waals surface area contributed by atoms with Gasteiger partial charge in [0, 0.05) is 11.1 Å². The summed E-state index contributed by atoms with van der Waals surface area (Å²) in [5, 5.41) is 7.80. The maximum atomic E-state index is 12.9. The number of benzene rings is 2. The van der Waals surface area contributed by atoms with Crippen LogP contribution in [0.15, 0.2) is 52.9 Å². The van der Waals surface area contributed by atoms with Crippen LogP contribution in [0.5, 0.6) is 5.75 Å². The van der Waals surface area contributed by atoms with E-state index in [0.717, 1.165) is 0 Å². The van der Waals surface area contributed by atoms with Crippen LogP contribution in [0.25, 0.3) is 11.5 Å². The van der Waals surface area contributed by atoms with Gasteiger partial charge in [-0.05, 0) is 30.3 Å². The molecule has 0 aliphatic heterocycles. The average Bonchev–Trinajstić information content (AvgIpc) is 3.03. The monoisotopic (exact) mass is 327 g/mol. The number of para-hydroxylation sites is 1. The predicted octanol–water partition coefficient (Wildman–Crippen LogP) is 2.48. The Hall–Kier alpha value is -3.22. The van der Waals surface area contributed by atoms with Crippen molar-refractivity contribution in [3.63, 3.8) is 0 Å². The van der Waals surface area contributed by atoms with Crippen molar-refractivity contribution in [2.24, 2.45) is 5.73 Å². The van der Waals surface area contributed by atoms with Crippen LogP contribution in [0.3, 0.4) is 0 Å². The topological polar surface area (TPSA) is 91.2 Å². The van der Waals surface area contributed by atoms with Crippen LogP contribution >= 0.6 is 0 Å². The molecule has 3 aromatic rings. The highest BCUT2D eigenvalue weighted by atomic mass is 19.1. The molecule has 0 aliphatic carbocycles. The summed E-state index contributed by atoms with van der Waals surface area (Å²) in [6, 6.07) is 12.8. The van der Waals surface area contributed by atoms with Gasteiger partial charge in [-0.3, -0.25) is 4.79 Å². The van der Waals surface area contributed by atoms with Crippen molar-refractivity contribution in [3.8, 4) is 17.2 Å². The second kappa shape index (κ2) is 6.91. The second-order valence-electron chi connectivity index (χ2n) is 5.05. The number of halogens is 1. The fraction of sp³-hybridized carbons (Fsp3) is 0.118. The van der Waals surface area contributed by atoms with Gasteiger partial charge in [-0.15, -0.1) is 10.2 Å². The fourth-order valence-corrected chi connectivity index (χ4v) is 2.14. The van der Waals surface area contributed by atoms with Gasteiger partial charge in [-0.25, -0.2) is 4.39 Å². The molecule has 0 saturated carbocycles. The molecular weight excluding hydrogens is 313 g/mol. The number of hydrogen-bond donors (Lipinski definition) is 1. The van der Waals surface area contributed by atoms with E-state index in [1.165, 1.54) is 12.1 Å². The second-order valence-corrected chi connectivity index (χ2v) is 5.05. The van der Waals surface area contributed by atoms with Gasteiger partial charge in [0.2, 0.25) is 11.8 Å². The molecule has 1 heterocycles. The number of nitrogens with two attached hydrogens (primary N) is 1. The van der Waals surface area contributed by atoms with Crippen LogP contribution < -0.4 is 10.5 Å². The number of rotatable bonds is 6. The number of aromatic nitrogens is 2. The zero-order chi connectivity index (χ0) is 16.9. The van der Waals surface area contributed by atoms with Gasteiger partial charge >= 0.3 is 0 Å². The molecule has 2 N–H and O–H groups in total. The molecule has 0 bridgehead atoms. The molecule has 0 radical (unpaired) electrons. The molecule has 1 amide bonds. The number of amides is 1. The standard InChI is InChI=1S/C17H14FN3O3/c18-13-7-5-11(6-8-13)17-21-20-16(24-17)10-23-14-4-2-1-3-12(14)9-15(19)22/h1-8H,9-10H2,(H2,19,22). The van der Waals surface area contributed by atoms with Crippen molar-refractivity contribution in [3.05, 3.63) is 65.8 Å². The minimum absolute atomic E-state index is 0.0456. The van der Waals surface area contributed by atoms with E-state index >= 15 is 0 Å². The summed E-state index contributed by atoms with van der Waals surface area (Å²) in [6.07, 6.45) is 0.0842. The van der Waals surface area contributed by atoms with E-state index < -0.39 is 5.91 Å². The lowest BCUT2D eigenvalue weighted by atomic mass is 10.1. The molecule has 0 aliphatic rings. The minimum atomic E-state index is -0.442. The van der Waals surface area contributed by atoms with Gasteiger partial charge in [0.15, 0.2) is 6.61 Å². The highest BCUT2D eigenvalue weighted by molar-refractivity contribution is 5.77. The van der Waals surface area contributed by atoms with Gasteiger partial charge < -0.3 is 14.9 Å². The summed E-state index contributed by atoms with van der Waals surface area (Å²) in [7, 11) is 0. The maximum Gasteiger partial charge on any atom is 0.254 e. The third kappa shape index (κ3) is 3.75. The van der Waals surface area contributed by atoms with Crippen LogP contribution in [-0.2, 0) is 17.8 Å². The molecule has 0 unspecified atom stereocenters. The van der Waals surface area contributed by atoms with Crippen LogP contribution in [-0.4, -0.2) is 16.1 Å². The van der Waals surface area contributed by atoms with Crippen LogP contribution in [0.4, 0.5) is 4.39 Å². The fourth-order valence-electron chi connectivity index (χ4n) is 2.14. The van der Waals surface area contributed by atoms with Crippen molar-refractivity contribution < 1.29 is 18.3 Å². The summed E-state index contributed by atoms with van der Waals surface area (Å²) in [4.78, 5) is 11.1. The van der Waals surface area contributed by atoms with E-state index in [9.17, 15) is 9.18 Å². The normalized spacial score (nSPS) is 10.5. The molecule has 3 rings (SSSR count). The highest BCUT2D eigenvalue weighted by Gasteiger charge is 2.11. The van der Waals surface area contributed by atoms with Crippen LogP contribution in [0.2, 0.25) is 0 Å². The first-order valence-electron chi connectivity index (χ1n) is 7.19. The number of primary amides is 1. The van der Waals surface area contributed by atoms with Gasteiger partial charge in [-0.1, -0.05) is 18.2 Å². The summed E-state index contributed by atoms with van der Waals surface area (Å²) in [6.45, 7) is 0.0456. The number of carbonyl (C=O) groups excluding carboxylic acids is 1. The number of hydrogen-bond acceptors (Lipinski definition) is 5. The number of nitrogens with zero attached hydrogens (tertiary/aromatic N) is 2. The molecule has 24 heavy (non-hydrogen) atoms. The first-order valence-corrected chi connectivity index (χ1v) is 7.19. The Morgan fingerprint density at radius 1 is 1.12 bits per heavy atom. The highest BCUT2D eigenvalue weighted by Crippen LogP contribution is 2.21. The van der Waals surface area contributed by atoms with E-state index in [-0.39, 0.29) is 30.6 Å². The largest absolute Gasteiger partial charge is 0.484 e. The molecule has 1 aromatic heterocycles. The van der Waals surface area contributed by atoms with Crippen molar-refractivity contribution in [1.29, 1.82) is 0 Å². The molecule has 0 fully saturated rings. The Morgan fingerprint density at radius 2 is 1.88 bits per heavy atom. The Labute approximate surface area is 137 Å². The van der Waals surface area contributed by atoms with E-state index in [1.807, 2.05) is 0 Å². The summed E-state index contributed by atoms with van der Waals surface area (Å²) >= 11 is 0. The minimum Gasteiger partial charge on any atom is -0.484 e. The van der Waals surface area contributed by atoms with Gasteiger partial charge in [0.1, 0.15) is 11.6 Å². The van der Waals surface area contributed by atoms with Crippen molar-refractivity contribution in [2.45, 2.75) is 13.0 Å². The SMILES string of the molecule is NC(=O)Cc1ccccc1OCc1nnc(-c2ccc(F)cc2)o1. The van der Waals surface area contributed by atoms with E-state index in [4.69, 9.17) is 14.9 Å². The molecule has 6 nitrogen and oxygen atoms in total. The summed E-state index contributed by atoms with van der Waals surface area (Å²) < 4.78 is 24.0. The third-order valence-corrected chi connectivity index (χ3v) is 3.25. The lowest BCUT2D eigenvalue weighted by molar-refractivity contribution is -0.117. The molecule has 122 valence electrons. The van der Waals surface area contributed by atoms with E-state index in [2.05, 4.69) is 10.2 Å². The maximum absolute atomic E-state index is 12.9. The first-order chi connectivity index (χ1) is 11.6. The number of ether oxygens (including phenoxy) is 1. The van der Waals surface area contributed by atoms with Crippen molar-refractivity contribution in [1.82, 2.24) is 10.2 Å². The lowest BCUT2D eigenvalue weighted by Gasteiger charge is -2.08. The van der Waals surface area contributed by atoms with Gasteiger partial charge in [0.25, 0.3) is 5.89 Å². The molecule has 2 aromatic carbocycles. The molecule has 0 saturated heterocycles. The predicted molar refractivity (Wildman–Crippen MR) is 83.4 cm³/mol. The van der Waals surface area contributed by atoms with E-state index in [0.29, 0.717) is 16.9 Å². The van der Waals surface area contributed by atoms with Gasteiger partial charge in [-0.2, -0.15) is 0 Å².